The minimum atomic E-state index is -0.177. The van der Waals surface area contributed by atoms with E-state index in [0.717, 1.165) is 27.1 Å². The molecule has 0 fully saturated rings. The molecule has 0 N–H and O–H groups in total. The molecule has 3 rings (SSSR count). The van der Waals surface area contributed by atoms with E-state index in [4.69, 9.17) is 0 Å². The third kappa shape index (κ3) is 3.09. The van der Waals surface area contributed by atoms with Gasteiger partial charge in [-0.1, -0.05) is 24.3 Å². The van der Waals surface area contributed by atoms with Gasteiger partial charge in [0.2, 0.25) is 0 Å². The minimum absolute atomic E-state index is 0.177. The third-order valence-corrected chi connectivity index (χ3v) is 5.92. The van der Waals surface area contributed by atoms with E-state index in [9.17, 15) is 4.79 Å². The number of fused-ring (bicyclic) bond motifs is 1. The normalized spacial score (nSPS) is 12.2. The number of amides is 1. The molecule has 0 aliphatic heterocycles. The summed E-state index contributed by atoms with van der Waals surface area (Å²) >= 11 is 6.37. The van der Waals surface area contributed by atoms with Crippen molar-refractivity contribution in [3.63, 3.8) is 0 Å². The lowest BCUT2D eigenvalue weighted by atomic mass is 10.2. The topological polar surface area (TPSA) is 34.4 Å². The van der Waals surface area contributed by atoms with Gasteiger partial charge in [0.1, 0.15) is 0 Å². The maximum absolute atomic E-state index is 12.3. The number of hydrogen-bond acceptors (Lipinski definition) is 3. The maximum atomic E-state index is 12.3. The van der Waals surface area contributed by atoms with Crippen molar-refractivity contribution < 1.29 is 4.79 Å². The first-order valence-electron chi connectivity index (χ1n) is 7.03. The Morgan fingerprint density at radius 1 is 1.27 bits per heavy atom. The lowest BCUT2D eigenvalue weighted by Crippen LogP contribution is -2.16. The van der Waals surface area contributed by atoms with Crippen molar-refractivity contribution >= 4 is 54.7 Å². The van der Waals surface area contributed by atoms with Gasteiger partial charge in [-0.05, 0) is 59.1 Å². The van der Waals surface area contributed by atoms with Crippen LogP contribution in [0.1, 0.15) is 28.6 Å². The first-order valence-corrected chi connectivity index (χ1v) is 9.45. The van der Waals surface area contributed by atoms with E-state index in [1.807, 2.05) is 12.1 Å². The predicted octanol–water partition coefficient (Wildman–Crippen LogP) is 4.99. The summed E-state index contributed by atoms with van der Waals surface area (Å²) in [5, 5.41) is 0. The van der Waals surface area contributed by atoms with E-state index >= 15 is 0 Å². The van der Waals surface area contributed by atoms with Crippen molar-refractivity contribution in [1.29, 1.82) is 0 Å². The summed E-state index contributed by atoms with van der Waals surface area (Å²) < 4.78 is 4.26. The second-order valence-electron chi connectivity index (χ2n) is 5.03. The summed E-state index contributed by atoms with van der Waals surface area (Å²) in [6, 6.07) is 10.0. The van der Waals surface area contributed by atoms with Gasteiger partial charge in [0.05, 0.1) is 18.9 Å². The van der Waals surface area contributed by atoms with E-state index in [1.54, 1.807) is 11.3 Å². The first-order chi connectivity index (χ1) is 10.6. The molecule has 0 aliphatic rings. The van der Waals surface area contributed by atoms with E-state index < -0.39 is 0 Å². The van der Waals surface area contributed by atoms with Gasteiger partial charge < -0.3 is 4.57 Å². The molecule has 6 heteroatoms. The second kappa shape index (κ2) is 6.48. The fourth-order valence-corrected chi connectivity index (χ4v) is 4.70. The fraction of sp³-hybridized carbons (Fsp3) is 0.250. The average molecular weight is 395 g/mol. The summed E-state index contributed by atoms with van der Waals surface area (Å²) in [6.45, 7) is 5.07. The summed E-state index contributed by atoms with van der Waals surface area (Å²) in [5.74, 6) is -0.177. The molecule has 22 heavy (non-hydrogen) atoms. The first kappa shape index (κ1) is 15.6. The number of aryl methyl sites for hydroxylation is 2. The number of rotatable bonds is 3. The van der Waals surface area contributed by atoms with E-state index in [2.05, 4.69) is 57.5 Å². The zero-order chi connectivity index (χ0) is 15.7. The molecule has 0 atom stereocenters. The molecule has 0 saturated carbocycles. The maximum Gasteiger partial charge on any atom is 0.289 e. The highest BCUT2D eigenvalue weighted by atomic mass is 79.9. The lowest BCUT2D eigenvalue weighted by Gasteiger charge is -2.02. The molecule has 2 heterocycles. The number of benzene rings is 1. The molecule has 0 unspecified atom stereocenters. The summed E-state index contributed by atoms with van der Waals surface area (Å²) in [4.78, 5) is 18.1. The Morgan fingerprint density at radius 3 is 2.77 bits per heavy atom. The SMILES string of the molecule is CCCn1c(=NC(=O)c2ccc(Br)s2)sc2cc(C)ccc21. The molecule has 114 valence electrons. The highest BCUT2D eigenvalue weighted by Crippen LogP contribution is 2.23. The Labute approximate surface area is 145 Å². The number of aromatic nitrogens is 1. The molecule has 0 bridgehead atoms. The number of carbonyl (C=O) groups excluding carboxylic acids is 1. The van der Waals surface area contributed by atoms with Crippen molar-refractivity contribution in [3.8, 4) is 0 Å². The number of carbonyl (C=O) groups is 1. The van der Waals surface area contributed by atoms with Crippen LogP contribution < -0.4 is 4.80 Å². The van der Waals surface area contributed by atoms with Gasteiger partial charge in [-0.2, -0.15) is 4.99 Å². The number of thiophene rings is 1. The summed E-state index contributed by atoms with van der Waals surface area (Å²) in [5.41, 5.74) is 2.37. The number of nitrogens with zero attached hydrogens (tertiary/aromatic N) is 2. The highest BCUT2D eigenvalue weighted by molar-refractivity contribution is 9.11. The summed E-state index contributed by atoms with van der Waals surface area (Å²) in [6.07, 6.45) is 1.01. The van der Waals surface area contributed by atoms with Crippen molar-refractivity contribution in [3.05, 3.63) is 49.4 Å². The average Bonchev–Trinajstić information content (AvgIpc) is 3.04. The molecule has 0 spiro atoms. The molecule has 1 aromatic carbocycles. The largest absolute Gasteiger partial charge is 0.316 e. The Morgan fingerprint density at radius 2 is 2.09 bits per heavy atom. The van der Waals surface area contributed by atoms with Gasteiger partial charge in [-0.3, -0.25) is 4.79 Å². The number of halogens is 1. The van der Waals surface area contributed by atoms with Gasteiger partial charge in [-0.25, -0.2) is 0 Å². The smallest absolute Gasteiger partial charge is 0.289 e. The zero-order valence-corrected chi connectivity index (χ0v) is 15.5. The quantitative estimate of drug-likeness (QED) is 0.616. The van der Waals surface area contributed by atoms with Crippen molar-refractivity contribution in [1.82, 2.24) is 4.57 Å². The van der Waals surface area contributed by atoms with Crippen LogP contribution >= 0.6 is 38.6 Å². The van der Waals surface area contributed by atoms with Crippen molar-refractivity contribution in [2.75, 3.05) is 0 Å². The van der Waals surface area contributed by atoms with Gasteiger partial charge in [-0.15, -0.1) is 11.3 Å². The van der Waals surface area contributed by atoms with Crippen LogP contribution in [0.25, 0.3) is 10.2 Å². The number of thiazole rings is 1. The van der Waals surface area contributed by atoms with E-state index in [-0.39, 0.29) is 5.91 Å². The van der Waals surface area contributed by atoms with E-state index in [1.165, 1.54) is 21.6 Å². The minimum Gasteiger partial charge on any atom is -0.316 e. The van der Waals surface area contributed by atoms with Crippen LogP contribution in [0, 0.1) is 6.92 Å². The molecular weight excluding hydrogens is 380 g/mol. The van der Waals surface area contributed by atoms with Crippen LogP contribution in [0.5, 0.6) is 0 Å². The Hall–Kier alpha value is -1.24. The van der Waals surface area contributed by atoms with Gasteiger partial charge in [0.15, 0.2) is 4.80 Å². The Kier molecular flexibility index (Phi) is 4.61. The molecule has 3 nitrogen and oxygen atoms in total. The standard InChI is InChI=1S/C16H15BrN2OS2/c1-3-8-19-11-5-4-10(2)9-13(11)22-16(19)18-15(20)12-6-7-14(17)21-12/h4-7,9H,3,8H2,1-2H3. The van der Waals surface area contributed by atoms with Crippen LogP contribution in [-0.4, -0.2) is 10.5 Å². The fourth-order valence-electron chi connectivity index (χ4n) is 2.28. The van der Waals surface area contributed by atoms with Gasteiger partial charge >= 0.3 is 0 Å². The molecule has 2 aromatic heterocycles. The summed E-state index contributed by atoms with van der Waals surface area (Å²) in [7, 11) is 0. The predicted molar refractivity (Wildman–Crippen MR) is 96.8 cm³/mol. The van der Waals surface area contributed by atoms with Crippen LogP contribution in [0.4, 0.5) is 0 Å². The second-order valence-corrected chi connectivity index (χ2v) is 8.50. The van der Waals surface area contributed by atoms with Crippen LogP contribution in [0.2, 0.25) is 0 Å². The van der Waals surface area contributed by atoms with Crippen LogP contribution in [0.3, 0.4) is 0 Å². The Balaban J connectivity index is 2.14. The lowest BCUT2D eigenvalue weighted by molar-refractivity contribution is 0.100. The van der Waals surface area contributed by atoms with E-state index in [0.29, 0.717) is 4.88 Å². The highest BCUT2D eigenvalue weighted by Gasteiger charge is 2.10. The number of hydrogen-bond donors (Lipinski definition) is 0. The molecule has 0 aliphatic carbocycles. The van der Waals surface area contributed by atoms with Crippen molar-refractivity contribution in [2.45, 2.75) is 26.8 Å². The molecule has 1 amide bonds. The van der Waals surface area contributed by atoms with Crippen LogP contribution in [0.15, 0.2) is 39.1 Å². The zero-order valence-electron chi connectivity index (χ0n) is 12.3. The van der Waals surface area contributed by atoms with Crippen LogP contribution in [-0.2, 0) is 6.54 Å². The molecule has 3 aromatic rings. The monoisotopic (exact) mass is 394 g/mol. The van der Waals surface area contributed by atoms with Crippen molar-refractivity contribution in [2.24, 2.45) is 4.99 Å². The van der Waals surface area contributed by atoms with Gasteiger partial charge in [0, 0.05) is 6.54 Å². The van der Waals surface area contributed by atoms with Gasteiger partial charge in [0.25, 0.3) is 5.91 Å². The third-order valence-electron chi connectivity index (χ3n) is 3.27. The molecular formula is C16H15BrN2OS2. The molecule has 0 radical (unpaired) electrons. The Bertz CT molecular complexity index is 904. The molecule has 0 saturated heterocycles.